The minimum atomic E-state index is -0.673. The van der Waals surface area contributed by atoms with Crippen molar-refractivity contribution in [3.05, 3.63) is 88.9 Å². The van der Waals surface area contributed by atoms with Gasteiger partial charge in [-0.15, -0.1) is 0 Å². The summed E-state index contributed by atoms with van der Waals surface area (Å²) in [5.41, 5.74) is 2.08. The molecule has 7 nitrogen and oxygen atoms in total. The number of hydrogen-bond donors (Lipinski definition) is 1. The van der Waals surface area contributed by atoms with Crippen molar-refractivity contribution in [3.63, 3.8) is 0 Å². The molecule has 0 aliphatic carbocycles. The molecule has 1 atom stereocenters. The summed E-state index contributed by atoms with van der Waals surface area (Å²) in [6, 6.07) is 22.7. The Morgan fingerprint density at radius 3 is 2.61 bits per heavy atom. The van der Waals surface area contributed by atoms with Gasteiger partial charge in [0.25, 0.3) is 5.91 Å². The molecule has 3 aromatic rings. The van der Waals surface area contributed by atoms with E-state index in [4.69, 9.17) is 25.8 Å². The van der Waals surface area contributed by atoms with E-state index >= 15 is 0 Å². The van der Waals surface area contributed by atoms with Crippen LogP contribution in [0.1, 0.15) is 38.3 Å². The predicted octanol–water partition coefficient (Wildman–Crippen LogP) is 6.17. The molecule has 2 amide bonds. The number of amides is 2. The molecule has 1 aliphatic heterocycles. The summed E-state index contributed by atoms with van der Waals surface area (Å²) < 4.78 is 17.3. The molecule has 200 valence electrons. The molecule has 1 heterocycles. The monoisotopic (exact) mass is 536 g/mol. The maximum Gasteiger partial charge on any atom is 0.407 e. The molecule has 0 fully saturated rings. The van der Waals surface area contributed by atoms with Gasteiger partial charge in [0, 0.05) is 18.0 Å². The second-order valence-corrected chi connectivity index (χ2v) is 10.5. The van der Waals surface area contributed by atoms with E-state index in [0.717, 1.165) is 16.8 Å². The lowest BCUT2D eigenvalue weighted by molar-refractivity contribution is -0.127. The standard InChI is InChI=1S/C30H33ClN2O5/c1-30(2,3)38-29(35)32-17-15-21-9-8-11-23(19-21)36-18-16-27-28(34)33(20-22-10-4-5-12-24(22)31)25-13-6-7-14-26(25)37-27/h4-14,19,27H,15-18,20H2,1-3H3,(H,32,35). The number of fused-ring (bicyclic) bond motifs is 1. The maximum atomic E-state index is 13.4. The number of rotatable bonds is 9. The Morgan fingerprint density at radius 2 is 1.82 bits per heavy atom. The van der Waals surface area contributed by atoms with Crippen LogP contribution in [0.15, 0.2) is 72.8 Å². The van der Waals surface area contributed by atoms with Crippen LogP contribution in [0.4, 0.5) is 10.5 Å². The largest absolute Gasteiger partial charge is 0.493 e. The van der Waals surface area contributed by atoms with E-state index in [1.165, 1.54) is 0 Å². The molecule has 1 aliphatic rings. The molecule has 3 aromatic carbocycles. The van der Waals surface area contributed by atoms with Gasteiger partial charge in [-0.05, 0) is 68.7 Å². The molecular formula is C30H33ClN2O5. The number of alkyl carbamates (subject to hydrolysis) is 1. The predicted molar refractivity (Wildman–Crippen MR) is 148 cm³/mol. The van der Waals surface area contributed by atoms with Crippen molar-refractivity contribution in [2.45, 2.75) is 51.9 Å². The van der Waals surface area contributed by atoms with Gasteiger partial charge in [0.15, 0.2) is 6.10 Å². The van der Waals surface area contributed by atoms with Gasteiger partial charge >= 0.3 is 6.09 Å². The lowest BCUT2D eigenvalue weighted by atomic mass is 10.1. The Labute approximate surface area is 228 Å². The minimum Gasteiger partial charge on any atom is -0.493 e. The molecule has 8 heteroatoms. The number of halogens is 1. The minimum absolute atomic E-state index is 0.130. The number of benzene rings is 3. The van der Waals surface area contributed by atoms with Crippen molar-refractivity contribution >= 4 is 29.3 Å². The van der Waals surface area contributed by atoms with E-state index in [1.807, 2.05) is 93.6 Å². The lowest BCUT2D eigenvalue weighted by Crippen LogP contribution is -2.46. The number of nitrogens with zero attached hydrogens (tertiary/aromatic N) is 1. The van der Waals surface area contributed by atoms with Gasteiger partial charge in [0.05, 0.1) is 18.8 Å². The summed E-state index contributed by atoms with van der Waals surface area (Å²) in [6.07, 6.45) is -0.0914. The first kappa shape index (κ1) is 27.3. The smallest absolute Gasteiger partial charge is 0.407 e. The molecule has 0 saturated heterocycles. The zero-order valence-electron chi connectivity index (χ0n) is 21.9. The van der Waals surface area contributed by atoms with E-state index in [1.54, 1.807) is 4.90 Å². The highest BCUT2D eigenvalue weighted by Gasteiger charge is 2.34. The zero-order chi connectivity index (χ0) is 27.1. The first-order chi connectivity index (χ1) is 18.2. The molecule has 4 rings (SSSR count). The third-order valence-corrected chi connectivity index (χ3v) is 6.25. The fourth-order valence-corrected chi connectivity index (χ4v) is 4.31. The Kier molecular flexibility index (Phi) is 8.79. The summed E-state index contributed by atoms with van der Waals surface area (Å²) in [6.45, 7) is 6.59. The fourth-order valence-electron chi connectivity index (χ4n) is 4.12. The van der Waals surface area contributed by atoms with Crippen LogP contribution in [0.2, 0.25) is 5.02 Å². The van der Waals surface area contributed by atoms with Gasteiger partial charge in [-0.1, -0.05) is 54.1 Å². The van der Waals surface area contributed by atoms with E-state index < -0.39 is 17.8 Å². The third-order valence-electron chi connectivity index (χ3n) is 5.88. The summed E-state index contributed by atoms with van der Waals surface area (Å²) in [5.74, 6) is 1.22. The number of anilines is 1. The van der Waals surface area contributed by atoms with Crippen molar-refractivity contribution < 1.29 is 23.8 Å². The Morgan fingerprint density at radius 1 is 1.05 bits per heavy atom. The van der Waals surface area contributed by atoms with Gasteiger partial charge < -0.3 is 24.4 Å². The molecule has 1 unspecified atom stereocenters. The molecule has 1 N–H and O–H groups in total. The second-order valence-electron chi connectivity index (χ2n) is 10.1. The van der Waals surface area contributed by atoms with Crippen molar-refractivity contribution in [1.29, 1.82) is 0 Å². The van der Waals surface area contributed by atoms with Crippen LogP contribution < -0.4 is 19.7 Å². The molecule has 38 heavy (non-hydrogen) atoms. The van der Waals surface area contributed by atoms with Crippen LogP contribution in [0, 0.1) is 0 Å². The van der Waals surface area contributed by atoms with E-state index in [-0.39, 0.29) is 5.91 Å². The second kappa shape index (κ2) is 12.2. The topological polar surface area (TPSA) is 77.1 Å². The van der Waals surface area contributed by atoms with Crippen LogP contribution in [0.3, 0.4) is 0 Å². The van der Waals surface area contributed by atoms with E-state index in [0.29, 0.717) is 49.1 Å². The van der Waals surface area contributed by atoms with Gasteiger partial charge in [0.1, 0.15) is 17.1 Å². The number of hydrogen-bond acceptors (Lipinski definition) is 5. The number of carbonyl (C=O) groups excluding carboxylic acids is 2. The van der Waals surface area contributed by atoms with Crippen molar-refractivity contribution in [1.82, 2.24) is 5.32 Å². The molecule has 0 aromatic heterocycles. The maximum absolute atomic E-state index is 13.4. The first-order valence-electron chi connectivity index (χ1n) is 12.7. The van der Waals surface area contributed by atoms with Crippen LogP contribution in [-0.2, 0) is 22.5 Å². The van der Waals surface area contributed by atoms with Gasteiger partial charge in [-0.2, -0.15) is 0 Å². The number of nitrogens with one attached hydrogen (secondary N) is 1. The fraction of sp³-hybridized carbons (Fsp3) is 0.333. The lowest BCUT2D eigenvalue weighted by Gasteiger charge is -2.34. The van der Waals surface area contributed by atoms with Gasteiger partial charge in [-0.25, -0.2) is 4.79 Å². The van der Waals surface area contributed by atoms with E-state index in [9.17, 15) is 9.59 Å². The average Bonchev–Trinajstić information content (AvgIpc) is 2.86. The zero-order valence-corrected chi connectivity index (χ0v) is 22.7. The SMILES string of the molecule is CC(C)(C)OC(=O)NCCc1cccc(OCCC2Oc3ccccc3N(Cc3ccccc3Cl)C2=O)c1. The molecule has 0 spiro atoms. The van der Waals surface area contributed by atoms with E-state index in [2.05, 4.69) is 5.32 Å². The average molecular weight is 537 g/mol. The number of ether oxygens (including phenoxy) is 3. The number of carbonyl (C=O) groups is 2. The van der Waals surface area contributed by atoms with Crippen molar-refractivity contribution in [3.8, 4) is 11.5 Å². The Bertz CT molecular complexity index is 1270. The van der Waals surface area contributed by atoms with Crippen LogP contribution >= 0.6 is 11.6 Å². The molecule has 0 saturated carbocycles. The van der Waals surface area contributed by atoms with Crippen LogP contribution in [0.5, 0.6) is 11.5 Å². The summed E-state index contributed by atoms with van der Waals surface area (Å²) in [7, 11) is 0. The normalized spacial score (nSPS) is 14.9. The van der Waals surface area contributed by atoms with Gasteiger partial charge in [-0.3, -0.25) is 4.79 Å². The Hall–Kier alpha value is -3.71. The Balaban J connectivity index is 1.33. The summed E-state index contributed by atoms with van der Waals surface area (Å²) in [5, 5.41) is 3.38. The quantitative estimate of drug-likeness (QED) is 0.354. The van der Waals surface area contributed by atoms with Gasteiger partial charge in [0.2, 0.25) is 0 Å². The first-order valence-corrected chi connectivity index (χ1v) is 13.1. The summed E-state index contributed by atoms with van der Waals surface area (Å²) >= 11 is 6.38. The molecule has 0 bridgehead atoms. The van der Waals surface area contributed by atoms with Crippen LogP contribution in [0.25, 0.3) is 0 Å². The van der Waals surface area contributed by atoms with Crippen LogP contribution in [-0.4, -0.2) is 36.9 Å². The summed E-state index contributed by atoms with van der Waals surface area (Å²) in [4.78, 5) is 27.0. The molecular weight excluding hydrogens is 504 g/mol. The molecule has 0 radical (unpaired) electrons. The highest BCUT2D eigenvalue weighted by molar-refractivity contribution is 6.31. The number of para-hydroxylation sites is 2. The third kappa shape index (κ3) is 7.42. The highest BCUT2D eigenvalue weighted by atomic mass is 35.5. The van der Waals surface area contributed by atoms with Crippen molar-refractivity contribution in [2.75, 3.05) is 18.1 Å². The highest BCUT2D eigenvalue weighted by Crippen LogP contribution is 2.36. The van der Waals surface area contributed by atoms with Crippen molar-refractivity contribution in [2.24, 2.45) is 0 Å².